The van der Waals surface area contributed by atoms with Gasteiger partial charge in [0.1, 0.15) is 0 Å². The largest absolute Gasteiger partial charge is 0.465 e. The Kier molecular flexibility index (Phi) is 3.89. The molecule has 4 nitrogen and oxygen atoms in total. The molecule has 0 saturated heterocycles. The summed E-state index contributed by atoms with van der Waals surface area (Å²) in [5, 5.41) is 0. The Hall–Kier alpha value is -1.84. The number of carbonyl (C=O) groups excluding carboxylic acids is 2. The van der Waals surface area contributed by atoms with E-state index in [-0.39, 0.29) is 11.1 Å². The Bertz CT molecular complexity index is 475. The molecule has 1 aromatic rings. The summed E-state index contributed by atoms with van der Waals surface area (Å²) >= 11 is 0. The molecule has 1 aromatic carbocycles. The third-order valence-corrected chi connectivity index (χ3v) is 2.95. The summed E-state index contributed by atoms with van der Waals surface area (Å²) in [6.07, 6.45) is 0. The van der Waals surface area contributed by atoms with Crippen LogP contribution in [0.1, 0.15) is 37.4 Å². The van der Waals surface area contributed by atoms with Crippen LogP contribution in [0.5, 0.6) is 0 Å². The fourth-order valence-electron chi connectivity index (χ4n) is 1.72. The first-order valence-electron chi connectivity index (χ1n) is 5.21. The van der Waals surface area contributed by atoms with Crippen molar-refractivity contribution in [2.24, 2.45) is 0 Å². The average Bonchev–Trinajstić information content (AvgIpc) is 2.33. The smallest absolute Gasteiger partial charge is 0.339 e. The van der Waals surface area contributed by atoms with E-state index in [1.807, 2.05) is 13.8 Å². The van der Waals surface area contributed by atoms with Crippen molar-refractivity contribution in [2.75, 3.05) is 14.2 Å². The van der Waals surface area contributed by atoms with Crippen LogP contribution < -0.4 is 0 Å². The van der Waals surface area contributed by atoms with Crippen LogP contribution in [0.3, 0.4) is 0 Å². The fourth-order valence-corrected chi connectivity index (χ4v) is 1.72. The molecule has 0 N–H and O–H groups in total. The number of esters is 2. The topological polar surface area (TPSA) is 52.6 Å². The minimum absolute atomic E-state index is 0.250. The molecule has 0 saturated carbocycles. The van der Waals surface area contributed by atoms with Crippen LogP contribution in [-0.2, 0) is 9.47 Å². The van der Waals surface area contributed by atoms with Crippen molar-refractivity contribution >= 4 is 11.9 Å². The zero-order valence-electron chi connectivity index (χ0n) is 10.7. The van der Waals surface area contributed by atoms with Gasteiger partial charge in [0.25, 0.3) is 0 Å². The molecule has 4 heteroatoms. The predicted octanol–water partition coefficient (Wildman–Crippen LogP) is 2.19. The van der Waals surface area contributed by atoms with E-state index in [2.05, 4.69) is 4.74 Å². The summed E-state index contributed by atoms with van der Waals surface area (Å²) in [6, 6.07) is 1.65. The number of hydrogen-bond donors (Lipinski definition) is 0. The molecule has 0 unspecified atom stereocenters. The number of methoxy groups -OCH3 is 2. The van der Waals surface area contributed by atoms with Gasteiger partial charge in [0.15, 0.2) is 0 Å². The Morgan fingerprint density at radius 1 is 0.941 bits per heavy atom. The van der Waals surface area contributed by atoms with E-state index >= 15 is 0 Å². The standard InChI is InChI=1S/C13H16O4/c1-7-6-10(12(14)16-4)11(13(15)17-5)9(3)8(7)2/h6H,1-5H3. The van der Waals surface area contributed by atoms with Crippen LogP contribution in [0.15, 0.2) is 6.07 Å². The Morgan fingerprint density at radius 3 is 1.94 bits per heavy atom. The van der Waals surface area contributed by atoms with Crippen molar-refractivity contribution < 1.29 is 19.1 Å². The average molecular weight is 236 g/mol. The SMILES string of the molecule is COC(=O)c1cc(C)c(C)c(C)c1C(=O)OC. The van der Waals surface area contributed by atoms with E-state index < -0.39 is 11.9 Å². The monoisotopic (exact) mass is 236 g/mol. The summed E-state index contributed by atoms with van der Waals surface area (Å²) in [6.45, 7) is 5.58. The minimum Gasteiger partial charge on any atom is -0.465 e. The molecule has 0 aromatic heterocycles. The zero-order chi connectivity index (χ0) is 13.2. The van der Waals surface area contributed by atoms with Crippen LogP contribution in [0.25, 0.3) is 0 Å². The molecule has 0 bridgehead atoms. The number of benzene rings is 1. The highest BCUT2D eigenvalue weighted by Gasteiger charge is 2.22. The van der Waals surface area contributed by atoms with Gasteiger partial charge in [-0.3, -0.25) is 0 Å². The van der Waals surface area contributed by atoms with Gasteiger partial charge < -0.3 is 9.47 Å². The molecule has 0 radical (unpaired) electrons. The lowest BCUT2D eigenvalue weighted by Crippen LogP contribution is -2.15. The summed E-state index contributed by atoms with van der Waals surface area (Å²) in [5.74, 6) is -1.05. The summed E-state index contributed by atoms with van der Waals surface area (Å²) in [4.78, 5) is 23.3. The summed E-state index contributed by atoms with van der Waals surface area (Å²) in [7, 11) is 2.58. The molecule has 0 aliphatic rings. The molecule has 92 valence electrons. The molecular formula is C13H16O4. The summed E-state index contributed by atoms with van der Waals surface area (Å²) < 4.78 is 9.38. The second kappa shape index (κ2) is 4.99. The minimum atomic E-state index is -0.531. The van der Waals surface area contributed by atoms with Crippen molar-refractivity contribution in [3.8, 4) is 0 Å². The molecule has 0 spiro atoms. The van der Waals surface area contributed by atoms with Crippen LogP contribution in [0, 0.1) is 20.8 Å². The zero-order valence-corrected chi connectivity index (χ0v) is 10.7. The normalized spacial score (nSPS) is 9.94. The molecule has 0 aliphatic carbocycles. The van der Waals surface area contributed by atoms with Crippen molar-refractivity contribution in [1.29, 1.82) is 0 Å². The van der Waals surface area contributed by atoms with E-state index in [1.54, 1.807) is 13.0 Å². The second-order valence-electron chi connectivity index (χ2n) is 3.85. The van der Waals surface area contributed by atoms with Crippen molar-refractivity contribution in [3.63, 3.8) is 0 Å². The van der Waals surface area contributed by atoms with Crippen LogP contribution in [-0.4, -0.2) is 26.2 Å². The molecule has 17 heavy (non-hydrogen) atoms. The van der Waals surface area contributed by atoms with Gasteiger partial charge in [0.05, 0.1) is 25.3 Å². The third kappa shape index (κ3) is 2.30. The van der Waals surface area contributed by atoms with Crippen LogP contribution >= 0.6 is 0 Å². The van der Waals surface area contributed by atoms with Crippen molar-refractivity contribution in [1.82, 2.24) is 0 Å². The van der Waals surface area contributed by atoms with E-state index in [9.17, 15) is 9.59 Å². The number of hydrogen-bond acceptors (Lipinski definition) is 4. The second-order valence-corrected chi connectivity index (χ2v) is 3.85. The van der Waals surface area contributed by atoms with Gasteiger partial charge in [-0.25, -0.2) is 9.59 Å². The van der Waals surface area contributed by atoms with Crippen LogP contribution in [0.2, 0.25) is 0 Å². The Balaban J connectivity index is 3.57. The van der Waals surface area contributed by atoms with Gasteiger partial charge in [-0.1, -0.05) is 0 Å². The molecular weight excluding hydrogens is 220 g/mol. The molecule has 0 fully saturated rings. The van der Waals surface area contributed by atoms with Crippen molar-refractivity contribution in [2.45, 2.75) is 20.8 Å². The first-order valence-corrected chi connectivity index (χ1v) is 5.21. The quantitative estimate of drug-likeness (QED) is 0.738. The first-order chi connectivity index (χ1) is 7.93. The third-order valence-electron chi connectivity index (χ3n) is 2.95. The number of carbonyl (C=O) groups is 2. The van der Waals surface area contributed by atoms with Gasteiger partial charge in [0.2, 0.25) is 0 Å². The Labute approximate surface area is 101 Å². The summed E-state index contributed by atoms with van der Waals surface area (Å²) in [5.41, 5.74) is 3.19. The maximum Gasteiger partial charge on any atom is 0.339 e. The van der Waals surface area contributed by atoms with E-state index in [1.165, 1.54) is 14.2 Å². The molecule has 0 aliphatic heterocycles. The maximum atomic E-state index is 11.7. The van der Waals surface area contributed by atoms with E-state index in [4.69, 9.17) is 4.74 Å². The van der Waals surface area contributed by atoms with E-state index in [0.29, 0.717) is 0 Å². The van der Waals surface area contributed by atoms with Gasteiger partial charge in [-0.05, 0) is 43.5 Å². The first kappa shape index (κ1) is 13.2. The fraction of sp³-hybridized carbons (Fsp3) is 0.385. The van der Waals surface area contributed by atoms with Gasteiger partial charge in [-0.15, -0.1) is 0 Å². The van der Waals surface area contributed by atoms with E-state index in [0.717, 1.165) is 16.7 Å². The molecule has 0 atom stereocenters. The predicted molar refractivity (Wildman–Crippen MR) is 63.3 cm³/mol. The lowest BCUT2D eigenvalue weighted by atomic mass is 9.93. The highest BCUT2D eigenvalue weighted by molar-refractivity contribution is 6.04. The maximum absolute atomic E-state index is 11.7. The number of rotatable bonds is 2. The molecule has 1 rings (SSSR count). The lowest BCUT2D eigenvalue weighted by Gasteiger charge is -2.14. The van der Waals surface area contributed by atoms with Crippen LogP contribution in [0.4, 0.5) is 0 Å². The lowest BCUT2D eigenvalue weighted by molar-refractivity contribution is 0.0554. The van der Waals surface area contributed by atoms with Gasteiger partial charge in [-0.2, -0.15) is 0 Å². The molecule has 0 amide bonds. The van der Waals surface area contributed by atoms with Gasteiger partial charge >= 0.3 is 11.9 Å². The highest BCUT2D eigenvalue weighted by atomic mass is 16.5. The number of aryl methyl sites for hydroxylation is 1. The van der Waals surface area contributed by atoms with Crippen molar-refractivity contribution in [3.05, 3.63) is 33.9 Å². The molecule has 0 heterocycles. The number of ether oxygens (including phenoxy) is 2. The highest BCUT2D eigenvalue weighted by Crippen LogP contribution is 2.23. The Morgan fingerprint density at radius 2 is 1.47 bits per heavy atom. The van der Waals surface area contributed by atoms with Gasteiger partial charge in [0, 0.05) is 0 Å².